The van der Waals surface area contributed by atoms with Crippen LogP contribution in [0, 0.1) is 34.5 Å². The summed E-state index contributed by atoms with van der Waals surface area (Å²) < 4.78 is 26.6. The topological polar surface area (TPSA) is 97.4 Å². The fourth-order valence-corrected chi connectivity index (χ4v) is 7.56. The van der Waals surface area contributed by atoms with Crippen LogP contribution in [0.1, 0.15) is 52.4 Å². The van der Waals surface area contributed by atoms with Crippen LogP contribution in [0.3, 0.4) is 0 Å². The zero-order valence-corrected chi connectivity index (χ0v) is 20.3. The van der Waals surface area contributed by atoms with Gasteiger partial charge in [0.15, 0.2) is 0 Å². The van der Waals surface area contributed by atoms with Gasteiger partial charge in [-0.3, -0.25) is 4.79 Å². The zero-order chi connectivity index (χ0) is 24.0. The van der Waals surface area contributed by atoms with E-state index in [2.05, 4.69) is 13.0 Å². The third-order valence-corrected chi connectivity index (χ3v) is 9.06. The maximum atomic E-state index is 13.0. The second-order valence-corrected chi connectivity index (χ2v) is 10.6. The van der Waals surface area contributed by atoms with E-state index in [1.165, 1.54) is 19.8 Å². The van der Waals surface area contributed by atoms with Crippen molar-refractivity contribution in [3.63, 3.8) is 0 Å². The number of Topliss-reactive ketones (excluding diaryl/α,β-unsaturated/α-hetero) is 1. The van der Waals surface area contributed by atoms with E-state index in [0.29, 0.717) is 32.3 Å². The molecule has 0 aromatic heterocycles. The summed E-state index contributed by atoms with van der Waals surface area (Å²) in [5.74, 6) is 0.734. The largest absolute Gasteiger partial charge is 0.508 e. The van der Waals surface area contributed by atoms with Gasteiger partial charge in [-0.1, -0.05) is 25.5 Å². The highest BCUT2D eigenvalue weighted by molar-refractivity contribution is 5.87. The minimum absolute atomic E-state index is 0.0276. The highest BCUT2D eigenvalue weighted by Crippen LogP contribution is 2.65. The monoisotopic (exact) mass is 464 g/mol. The van der Waals surface area contributed by atoms with Crippen LogP contribution in [0.25, 0.3) is 0 Å². The molecule has 184 valence electrons. The Morgan fingerprint density at radius 1 is 1.03 bits per heavy atom. The second-order valence-electron chi connectivity index (χ2n) is 10.6. The third-order valence-electron chi connectivity index (χ3n) is 9.06. The first kappa shape index (κ1) is 24.0. The number of hydrogen-bond acceptors (Lipinski definition) is 8. The Labute approximate surface area is 195 Å². The lowest BCUT2D eigenvalue weighted by Gasteiger charge is -2.60. The van der Waals surface area contributed by atoms with Gasteiger partial charge in [-0.2, -0.15) is 0 Å². The van der Waals surface area contributed by atoms with Crippen LogP contribution in [-0.2, 0) is 28.5 Å². The average Bonchev–Trinajstić information content (AvgIpc) is 3.08. The maximum absolute atomic E-state index is 13.0. The van der Waals surface area contributed by atoms with Gasteiger partial charge in [-0.05, 0) is 42.9 Å². The SMILES string of the molecule is COCC1C=C2C[C@@H](OC(=O)OC)CC[C@]2(C)C2C1C1CCC(=O)[C@@]1(C)C[C@H]2OC(=O)OC. The minimum atomic E-state index is -0.711. The van der Waals surface area contributed by atoms with Gasteiger partial charge in [-0.25, -0.2) is 9.59 Å². The molecule has 4 aliphatic rings. The number of fused-ring (bicyclic) bond motifs is 5. The number of ketones is 1. The molecule has 0 amide bonds. The molecule has 8 nitrogen and oxygen atoms in total. The fraction of sp³-hybridized carbons (Fsp3) is 0.800. The van der Waals surface area contributed by atoms with E-state index in [1.54, 1.807) is 7.11 Å². The van der Waals surface area contributed by atoms with Crippen LogP contribution in [0.15, 0.2) is 11.6 Å². The van der Waals surface area contributed by atoms with Crippen LogP contribution in [0.2, 0.25) is 0 Å². The molecule has 3 saturated carbocycles. The lowest BCUT2D eigenvalue weighted by atomic mass is 9.45. The summed E-state index contributed by atoms with van der Waals surface area (Å²) in [5.41, 5.74) is 0.451. The van der Waals surface area contributed by atoms with Crippen LogP contribution < -0.4 is 0 Å². The maximum Gasteiger partial charge on any atom is 0.508 e. The van der Waals surface area contributed by atoms with E-state index in [0.717, 1.165) is 12.8 Å². The highest BCUT2D eigenvalue weighted by atomic mass is 16.7. The standard InChI is InChI=1S/C25H36O8/c1-24-9-8-16(32-22(27)30-4)11-15(24)10-14(13-29-3)20-17-6-7-19(26)25(17,2)12-18(21(20)24)33-23(28)31-5/h10,14,16-18,20-21H,6-9,11-13H2,1-5H3/t14?,16-,17?,18+,20?,21?,24-,25-/m0/s1. The molecule has 4 rings (SSSR count). The summed E-state index contributed by atoms with van der Waals surface area (Å²) in [4.78, 5) is 37.0. The van der Waals surface area contributed by atoms with Crippen molar-refractivity contribution in [2.75, 3.05) is 27.9 Å². The smallest absolute Gasteiger partial charge is 0.438 e. The second kappa shape index (κ2) is 8.93. The van der Waals surface area contributed by atoms with Crippen molar-refractivity contribution in [3.8, 4) is 0 Å². The predicted octanol–water partition coefficient (Wildman–Crippen LogP) is 4.30. The molecule has 8 heteroatoms. The zero-order valence-electron chi connectivity index (χ0n) is 20.3. The van der Waals surface area contributed by atoms with Crippen LogP contribution >= 0.6 is 0 Å². The summed E-state index contributed by atoms with van der Waals surface area (Å²) in [6.07, 6.45) is 4.27. The number of hydrogen-bond donors (Lipinski definition) is 0. The highest BCUT2D eigenvalue weighted by Gasteiger charge is 2.65. The molecule has 3 fully saturated rings. The Morgan fingerprint density at radius 2 is 1.73 bits per heavy atom. The van der Waals surface area contributed by atoms with E-state index in [9.17, 15) is 14.4 Å². The summed E-state index contributed by atoms with van der Waals surface area (Å²) in [5, 5.41) is 0. The van der Waals surface area contributed by atoms with Gasteiger partial charge in [0.05, 0.1) is 20.8 Å². The molecule has 4 aliphatic carbocycles. The number of rotatable bonds is 4. The molecule has 8 atom stereocenters. The Balaban J connectivity index is 1.76. The van der Waals surface area contributed by atoms with Crippen molar-refractivity contribution in [1.82, 2.24) is 0 Å². The third kappa shape index (κ3) is 3.94. The first-order valence-electron chi connectivity index (χ1n) is 11.9. The summed E-state index contributed by atoms with van der Waals surface area (Å²) in [6, 6.07) is 0. The number of methoxy groups -OCH3 is 3. The Kier molecular flexibility index (Phi) is 6.51. The van der Waals surface area contributed by atoms with Crippen molar-refractivity contribution in [2.24, 2.45) is 34.5 Å². The quantitative estimate of drug-likeness (QED) is 0.449. The summed E-state index contributed by atoms with van der Waals surface area (Å²) in [6.45, 7) is 4.80. The Hall–Kier alpha value is -2.09. The van der Waals surface area contributed by atoms with Crippen molar-refractivity contribution in [2.45, 2.75) is 64.6 Å². The fourth-order valence-electron chi connectivity index (χ4n) is 7.56. The van der Waals surface area contributed by atoms with Crippen molar-refractivity contribution in [1.29, 1.82) is 0 Å². The molecular formula is C25H36O8. The first-order chi connectivity index (χ1) is 15.7. The molecule has 0 radical (unpaired) electrons. The molecular weight excluding hydrogens is 428 g/mol. The van der Waals surface area contributed by atoms with E-state index in [1.807, 2.05) is 6.92 Å². The number of carbonyl (C=O) groups excluding carboxylic acids is 3. The molecule has 0 heterocycles. The van der Waals surface area contributed by atoms with Gasteiger partial charge in [0, 0.05) is 37.2 Å². The van der Waals surface area contributed by atoms with Crippen LogP contribution in [0.5, 0.6) is 0 Å². The predicted molar refractivity (Wildman–Crippen MR) is 117 cm³/mol. The van der Waals surface area contributed by atoms with Crippen molar-refractivity contribution < 1.29 is 38.1 Å². The van der Waals surface area contributed by atoms with Gasteiger partial charge in [-0.15, -0.1) is 0 Å². The molecule has 0 aromatic rings. The molecule has 33 heavy (non-hydrogen) atoms. The van der Waals surface area contributed by atoms with Gasteiger partial charge < -0.3 is 23.7 Å². The molecule has 0 spiro atoms. The molecule has 0 bridgehead atoms. The van der Waals surface area contributed by atoms with E-state index >= 15 is 0 Å². The molecule has 0 aliphatic heterocycles. The summed E-state index contributed by atoms with van der Waals surface area (Å²) >= 11 is 0. The number of ether oxygens (including phenoxy) is 5. The lowest BCUT2D eigenvalue weighted by Crippen LogP contribution is -2.60. The van der Waals surface area contributed by atoms with Crippen molar-refractivity contribution >= 4 is 18.1 Å². The first-order valence-corrected chi connectivity index (χ1v) is 11.9. The van der Waals surface area contributed by atoms with Crippen molar-refractivity contribution in [3.05, 3.63) is 11.6 Å². The Bertz CT molecular complexity index is 836. The Morgan fingerprint density at radius 3 is 2.39 bits per heavy atom. The average molecular weight is 465 g/mol. The van der Waals surface area contributed by atoms with E-state index in [-0.39, 0.29) is 41.0 Å². The molecule has 0 N–H and O–H groups in total. The van der Waals surface area contributed by atoms with E-state index in [4.69, 9.17) is 23.7 Å². The van der Waals surface area contributed by atoms with Gasteiger partial charge in [0.2, 0.25) is 0 Å². The molecule has 0 saturated heterocycles. The minimum Gasteiger partial charge on any atom is -0.438 e. The normalized spacial score (nSPS) is 41.7. The van der Waals surface area contributed by atoms with Crippen LogP contribution in [0.4, 0.5) is 9.59 Å². The lowest BCUT2D eigenvalue weighted by molar-refractivity contribution is -0.157. The van der Waals surface area contributed by atoms with Gasteiger partial charge in [0.25, 0.3) is 0 Å². The van der Waals surface area contributed by atoms with E-state index < -0.39 is 23.8 Å². The number of carbonyl (C=O) groups is 3. The molecule has 4 unspecified atom stereocenters. The molecule has 0 aromatic carbocycles. The van der Waals surface area contributed by atoms with Crippen LogP contribution in [-0.4, -0.2) is 58.2 Å². The van der Waals surface area contributed by atoms with Gasteiger partial charge in [0.1, 0.15) is 18.0 Å². The van der Waals surface area contributed by atoms with Gasteiger partial charge >= 0.3 is 12.3 Å². The summed E-state index contributed by atoms with van der Waals surface area (Å²) in [7, 11) is 4.31.